The van der Waals surface area contributed by atoms with Gasteiger partial charge in [0.25, 0.3) is 0 Å². The Hall–Kier alpha value is -3.52. The minimum Gasteiger partial charge on any atom is -0.370 e. The number of primary amides is 1. The monoisotopic (exact) mass is 446 g/mol. The predicted molar refractivity (Wildman–Crippen MR) is 121 cm³/mol. The van der Waals surface area contributed by atoms with Crippen molar-refractivity contribution >= 4 is 29.3 Å². The molecule has 8 heteroatoms. The van der Waals surface area contributed by atoms with Crippen molar-refractivity contribution in [1.29, 1.82) is 0 Å². The zero-order valence-electron chi connectivity index (χ0n) is 18.3. The molecule has 33 heavy (non-hydrogen) atoms. The van der Waals surface area contributed by atoms with Gasteiger partial charge in [-0.3, -0.25) is 29.4 Å². The number of hydrogen-bond acceptors (Lipinski definition) is 5. The highest BCUT2D eigenvalue weighted by molar-refractivity contribution is 6.15. The fourth-order valence-corrected chi connectivity index (χ4v) is 5.63. The molecule has 4 amide bonds. The Morgan fingerprint density at radius 3 is 2.58 bits per heavy atom. The number of aryl methyl sites for hydroxylation is 1. The topological polar surface area (TPSA) is 122 Å². The van der Waals surface area contributed by atoms with Gasteiger partial charge < -0.3 is 11.1 Å². The molecule has 2 fully saturated rings. The number of nitrogens with one attached hydrogen (secondary N) is 2. The number of hydrogen-bond donors (Lipinski definition) is 3. The van der Waals surface area contributed by atoms with Crippen LogP contribution in [0.2, 0.25) is 0 Å². The molecule has 4 N–H and O–H groups in total. The molecular weight excluding hydrogens is 420 g/mol. The van der Waals surface area contributed by atoms with Gasteiger partial charge in [0.1, 0.15) is 5.54 Å². The van der Waals surface area contributed by atoms with Crippen LogP contribution in [0.15, 0.2) is 48.5 Å². The molecular formula is C25H26N4O4. The minimum absolute atomic E-state index is 0.0603. The average Bonchev–Trinajstić information content (AvgIpc) is 3.37. The van der Waals surface area contributed by atoms with Crippen molar-refractivity contribution < 1.29 is 19.2 Å². The molecule has 0 aromatic heterocycles. The lowest BCUT2D eigenvalue weighted by Crippen LogP contribution is -2.53. The fraction of sp³-hybridized carbons (Fsp3) is 0.360. The van der Waals surface area contributed by atoms with Crippen LogP contribution in [0, 0.1) is 18.8 Å². The zero-order valence-corrected chi connectivity index (χ0v) is 18.3. The third-order valence-electron chi connectivity index (χ3n) is 7.13. The number of nitrogens with two attached hydrogens (primary N) is 1. The maximum absolute atomic E-state index is 13.7. The molecule has 8 nitrogen and oxygen atoms in total. The summed E-state index contributed by atoms with van der Waals surface area (Å²) in [5.41, 5.74) is 7.30. The summed E-state index contributed by atoms with van der Waals surface area (Å²) in [7, 11) is 0. The number of imide groups is 1. The number of benzene rings is 2. The van der Waals surface area contributed by atoms with Crippen molar-refractivity contribution in [2.75, 3.05) is 11.9 Å². The molecule has 1 spiro atoms. The van der Waals surface area contributed by atoms with Crippen molar-refractivity contribution in [3.63, 3.8) is 0 Å². The van der Waals surface area contributed by atoms with E-state index in [1.165, 1.54) is 4.90 Å². The highest BCUT2D eigenvalue weighted by Gasteiger charge is 2.70. The Balaban J connectivity index is 1.53. The molecule has 3 aliphatic heterocycles. The molecule has 5 rings (SSSR count). The minimum atomic E-state index is -1.34. The van der Waals surface area contributed by atoms with Crippen LogP contribution < -0.4 is 16.4 Å². The van der Waals surface area contributed by atoms with Gasteiger partial charge in [-0.25, -0.2) is 0 Å². The van der Waals surface area contributed by atoms with E-state index < -0.39 is 29.3 Å². The zero-order chi connectivity index (χ0) is 23.3. The second-order valence-corrected chi connectivity index (χ2v) is 9.13. The average molecular weight is 447 g/mol. The quantitative estimate of drug-likeness (QED) is 0.576. The van der Waals surface area contributed by atoms with E-state index in [0.29, 0.717) is 17.7 Å². The highest BCUT2D eigenvalue weighted by Crippen LogP contribution is 2.53. The van der Waals surface area contributed by atoms with E-state index in [4.69, 9.17) is 5.73 Å². The summed E-state index contributed by atoms with van der Waals surface area (Å²) < 4.78 is 0. The number of anilines is 1. The van der Waals surface area contributed by atoms with E-state index in [-0.39, 0.29) is 37.1 Å². The first-order valence-electron chi connectivity index (χ1n) is 11.2. The summed E-state index contributed by atoms with van der Waals surface area (Å²) in [5.74, 6) is -3.08. The molecule has 4 atom stereocenters. The van der Waals surface area contributed by atoms with Gasteiger partial charge in [0, 0.05) is 30.3 Å². The van der Waals surface area contributed by atoms with Gasteiger partial charge in [-0.2, -0.15) is 0 Å². The summed E-state index contributed by atoms with van der Waals surface area (Å²) in [6.45, 7) is 2.16. The van der Waals surface area contributed by atoms with Gasteiger partial charge in [0.05, 0.1) is 11.8 Å². The molecule has 0 radical (unpaired) electrons. The van der Waals surface area contributed by atoms with Gasteiger partial charge in [-0.15, -0.1) is 0 Å². The molecule has 3 heterocycles. The second kappa shape index (κ2) is 7.81. The van der Waals surface area contributed by atoms with E-state index in [1.807, 2.05) is 55.5 Å². The van der Waals surface area contributed by atoms with Gasteiger partial charge in [-0.05, 0) is 31.4 Å². The largest absolute Gasteiger partial charge is 0.370 e. The van der Waals surface area contributed by atoms with Gasteiger partial charge in [-0.1, -0.05) is 48.0 Å². The highest BCUT2D eigenvalue weighted by atomic mass is 16.2. The lowest BCUT2D eigenvalue weighted by Gasteiger charge is -2.29. The first kappa shape index (κ1) is 21.3. The van der Waals surface area contributed by atoms with E-state index in [0.717, 1.165) is 11.1 Å². The Morgan fingerprint density at radius 1 is 1.09 bits per heavy atom. The molecule has 0 saturated carbocycles. The fourth-order valence-electron chi connectivity index (χ4n) is 5.63. The third-order valence-corrected chi connectivity index (χ3v) is 7.13. The number of nitrogens with zero attached hydrogens (tertiary/aromatic N) is 1. The van der Waals surface area contributed by atoms with Gasteiger partial charge in [0.2, 0.25) is 23.6 Å². The van der Waals surface area contributed by atoms with Crippen LogP contribution in [0.1, 0.15) is 29.5 Å². The van der Waals surface area contributed by atoms with Gasteiger partial charge in [0.15, 0.2) is 0 Å². The van der Waals surface area contributed by atoms with Crippen molar-refractivity contribution in [1.82, 2.24) is 10.2 Å². The molecule has 0 unspecified atom stereocenters. The first-order valence-corrected chi connectivity index (χ1v) is 11.2. The van der Waals surface area contributed by atoms with Crippen LogP contribution >= 0.6 is 0 Å². The van der Waals surface area contributed by atoms with Crippen LogP contribution in [0.25, 0.3) is 0 Å². The SMILES string of the molecule is Cc1ccc2c(c1)[C@]1(N[C@H](CCC(N)=O)[C@H]3C(=O)N(CCc4ccccc4)C(=O)[C@H]31)C(=O)N2. The first-order chi connectivity index (χ1) is 15.8. The number of amides is 4. The molecule has 2 saturated heterocycles. The third kappa shape index (κ3) is 3.24. The molecule has 2 aromatic carbocycles. The molecule has 3 aliphatic rings. The normalized spacial score (nSPS) is 27.7. The lowest BCUT2D eigenvalue weighted by atomic mass is 9.76. The Bertz CT molecular complexity index is 1160. The van der Waals surface area contributed by atoms with Crippen molar-refractivity contribution in [3.05, 3.63) is 65.2 Å². The van der Waals surface area contributed by atoms with Crippen LogP contribution in [-0.4, -0.2) is 41.1 Å². The van der Waals surface area contributed by atoms with Crippen LogP contribution in [0.4, 0.5) is 5.69 Å². The number of rotatable bonds is 6. The maximum atomic E-state index is 13.7. The van der Waals surface area contributed by atoms with Crippen LogP contribution in [0.5, 0.6) is 0 Å². The smallest absolute Gasteiger partial charge is 0.250 e. The lowest BCUT2D eigenvalue weighted by molar-refractivity contribution is -0.142. The Kier molecular flexibility index (Phi) is 5.05. The molecule has 0 aliphatic carbocycles. The second-order valence-electron chi connectivity index (χ2n) is 9.13. The molecule has 2 aromatic rings. The summed E-state index contributed by atoms with van der Waals surface area (Å²) >= 11 is 0. The van der Waals surface area contributed by atoms with E-state index >= 15 is 0 Å². The number of fused-ring (bicyclic) bond motifs is 4. The number of carbonyl (C=O) groups excluding carboxylic acids is 4. The number of likely N-dealkylation sites (tertiary alicyclic amines) is 1. The van der Waals surface area contributed by atoms with Crippen LogP contribution in [-0.2, 0) is 31.1 Å². The predicted octanol–water partition coefficient (Wildman–Crippen LogP) is 1.22. The summed E-state index contributed by atoms with van der Waals surface area (Å²) in [6, 6.07) is 14.7. The molecule has 0 bridgehead atoms. The van der Waals surface area contributed by atoms with Crippen molar-refractivity contribution in [2.24, 2.45) is 17.6 Å². The summed E-state index contributed by atoms with van der Waals surface area (Å²) in [4.78, 5) is 53.4. The van der Waals surface area contributed by atoms with Crippen LogP contribution in [0.3, 0.4) is 0 Å². The van der Waals surface area contributed by atoms with E-state index in [2.05, 4.69) is 10.6 Å². The maximum Gasteiger partial charge on any atom is 0.250 e. The van der Waals surface area contributed by atoms with Crippen molar-refractivity contribution in [3.8, 4) is 0 Å². The molecule has 170 valence electrons. The summed E-state index contributed by atoms with van der Waals surface area (Å²) in [5, 5.41) is 6.21. The van der Waals surface area contributed by atoms with Crippen molar-refractivity contribution in [2.45, 2.75) is 37.8 Å². The Morgan fingerprint density at radius 2 is 1.85 bits per heavy atom. The Labute approximate surface area is 191 Å². The standard InChI is InChI=1S/C25H26N4O4/c1-14-7-8-17-16(13-14)25(24(33)27-17)21-20(18(28-25)9-10-19(26)30)22(31)29(23(21)32)12-11-15-5-3-2-4-6-15/h2-8,13,18,20-21,28H,9-12H2,1H3,(H2,26,30)(H,27,33)/t18-,20-,21+,25-/m1/s1. The number of carbonyl (C=O) groups is 4. The van der Waals surface area contributed by atoms with Gasteiger partial charge >= 0.3 is 0 Å². The summed E-state index contributed by atoms with van der Waals surface area (Å²) in [6.07, 6.45) is 0.870. The van der Waals surface area contributed by atoms with E-state index in [1.54, 1.807) is 0 Å². The van der Waals surface area contributed by atoms with E-state index in [9.17, 15) is 19.2 Å².